The van der Waals surface area contributed by atoms with Gasteiger partial charge in [-0.1, -0.05) is 35.4 Å². The van der Waals surface area contributed by atoms with Crippen LogP contribution in [0.15, 0.2) is 66.0 Å². The lowest BCUT2D eigenvalue weighted by Gasteiger charge is -2.13. The van der Waals surface area contributed by atoms with Crippen LogP contribution in [0.3, 0.4) is 0 Å². The molecule has 0 aliphatic rings. The molecule has 156 valence electrons. The molecule has 0 saturated heterocycles. The van der Waals surface area contributed by atoms with Gasteiger partial charge in [0, 0.05) is 18.0 Å². The predicted octanol–water partition coefficient (Wildman–Crippen LogP) is 4.63. The van der Waals surface area contributed by atoms with E-state index >= 15 is 0 Å². The zero-order valence-corrected chi connectivity index (χ0v) is 18.0. The van der Waals surface area contributed by atoms with Crippen molar-refractivity contribution in [2.45, 2.75) is 20.0 Å². The number of rotatable bonds is 9. The van der Waals surface area contributed by atoms with Gasteiger partial charge in [0.15, 0.2) is 11.5 Å². The van der Waals surface area contributed by atoms with Gasteiger partial charge >= 0.3 is 6.01 Å². The first-order chi connectivity index (χ1) is 14.3. The molecule has 0 spiro atoms. The molecule has 0 saturated carbocycles. The largest absolute Gasteiger partial charge is 0.490 e. The third kappa shape index (κ3) is 5.35. The summed E-state index contributed by atoms with van der Waals surface area (Å²) in [7, 11) is 0. The fourth-order valence-electron chi connectivity index (χ4n) is 2.83. The predicted molar refractivity (Wildman–Crippen MR) is 119 cm³/mol. The molecule has 0 fully saturated rings. The minimum Gasteiger partial charge on any atom is -0.490 e. The zero-order chi connectivity index (χ0) is 19.9. The van der Waals surface area contributed by atoms with Crippen LogP contribution in [0.4, 0.5) is 0 Å². The summed E-state index contributed by atoms with van der Waals surface area (Å²) in [4.78, 5) is 1.31. The van der Waals surface area contributed by atoms with Crippen LogP contribution in [0.25, 0.3) is 5.69 Å². The summed E-state index contributed by atoms with van der Waals surface area (Å²) in [5, 5.41) is 17.3. The lowest BCUT2D eigenvalue weighted by atomic mass is 10.2. The Bertz CT molecular complexity index is 1040. The van der Waals surface area contributed by atoms with Crippen LogP contribution in [-0.4, -0.2) is 26.8 Å². The van der Waals surface area contributed by atoms with E-state index in [1.165, 1.54) is 4.88 Å². The molecule has 1 N–H and O–H groups in total. The third-order valence-corrected chi connectivity index (χ3v) is 5.04. The summed E-state index contributed by atoms with van der Waals surface area (Å²) < 4.78 is 13.3. The molecule has 4 rings (SSSR count). The molecule has 0 unspecified atom stereocenters. The topological polar surface area (TPSA) is 74.1 Å². The van der Waals surface area contributed by atoms with Gasteiger partial charge in [-0.05, 0) is 58.6 Å². The van der Waals surface area contributed by atoms with E-state index in [4.69, 9.17) is 9.47 Å². The number of benzene rings is 2. The van der Waals surface area contributed by atoms with Crippen molar-refractivity contribution in [3.8, 4) is 23.2 Å². The Hall–Kier alpha value is -2.94. The number of hydrogen-bond acceptors (Lipinski definition) is 7. The Morgan fingerprint density at radius 3 is 2.63 bits per heavy atom. The molecule has 7 nitrogen and oxygen atoms in total. The van der Waals surface area contributed by atoms with Crippen molar-refractivity contribution >= 4 is 23.7 Å². The van der Waals surface area contributed by atoms with Crippen LogP contribution in [0.1, 0.15) is 17.4 Å². The highest BCUT2D eigenvalue weighted by Gasteiger charge is 2.14. The van der Waals surface area contributed by atoms with E-state index in [1.54, 1.807) is 16.0 Å². The molecular weight excluding hydrogens is 422 g/mol. The number of thiophene rings is 1. The molecule has 0 aliphatic carbocycles. The average molecular weight is 444 g/mol. The van der Waals surface area contributed by atoms with Crippen molar-refractivity contribution in [2.24, 2.45) is 0 Å². The molecule has 2 aromatic carbocycles. The average Bonchev–Trinajstić information content (AvgIpc) is 3.43. The zero-order valence-electron chi connectivity index (χ0n) is 16.4. The normalized spacial score (nSPS) is 10.4. The Kier molecular flexibility index (Phi) is 7.78. The highest BCUT2D eigenvalue weighted by Crippen LogP contribution is 2.32. The second kappa shape index (κ2) is 10.7. The van der Waals surface area contributed by atoms with Gasteiger partial charge in [0.25, 0.3) is 0 Å². The minimum absolute atomic E-state index is 0. The number of ether oxygens (including phenoxy) is 2. The van der Waals surface area contributed by atoms with Crippen molar-refractivity contribution in [1.29, 1.82) is 0 Å². The number of hydrogen-bond donors (Lipinski definition) is 1. The van der Waals surface area contributed by atoms with Crippen LogP contribution in [0.2, 0.25) is 0 Å². The number of para-hydroxylation sites is 1. The van der Waals surface area contributed by atoms with Crippen molar-refractivity contribution in [3.63, 3.8) is 0 Å². The highest BCUT2D eigenvalue weighted by molar-refractivity contribution is 7.09. The van der Waals surface area contributed by atoms with E-state index in [-0.39, 0.29) is 18.4 Å². The van der Waals surface area contributed by atoms with Crippen LogP contribution < -0.4 is 14.8 Å². The molecule has 0 bridgehead atoms. The molecule has 0 aliphatic heterocycles. The quantitative estimate of drug-likeness (QED) is 0.406. The van der Waals surface area contributed by atoms with E-state index in [9.17, 15) is 0 Å². The summed E-state index contributed by atoms with van der Waals surface area (Å²) in [5.41, 5.74) is 1.93. The fourth-order valence-corrected chi connectivity index (χ4v) is 3.50. The van der Waals surface area contributed by atoms with Gasteiger partial charge in [0.2, 0.25) is 0 Å². The second-order valence-electron chi connectivity index (χ2n) is 6.21. The Labute approximate surface area is 185 Å². The standard InChI is InChI=1S/C21H21N5O2S.ClH/c1-2-27-20-13-16(14-22-15-18-9-6-12-29-18)10-11-19(20)28-21-23-24-25-26(21)17-7-4-3-5-8-17;/h3-13,22H,2,14-15H2,1H3;1H. The highest BCUT2D eigenvalue weighted by atomic mass is 35.5. The summed E-state index contributed by atoms with van der Waals surface area (Å²) >= 11 is 1.75. The molecule has 4 aromatic rings. The van der Waals surface area contributed by atoms with E-state index in [0.717, 1.165) is 24.3 Å². The summed E-state index contributed by atoms with van der Waals surface area (Å²) in [6, 6.07) is 19.9. The lowest BCUT2D eigenvalue weighted by Crippen LogP contribution is -2.12. The Morgan fingerprint density at radius 1 is 1.00 bits per heavy atom. The van der Waals surface area contributed by atoms with Crippen LogP contribution in [-0.2, 0) is 13.1 Å². The van der Waals surface area contributed by atoms with Gasteiger partial charge in [-0.2, -0.15) is 4.68 Å². The van der Waals surface area contributed by atoms with Gasteiger partial charge in [-0.15, -0.1) is 23.7 Å². The maximum atomic E-state index is 5.99. The van der Waals surface area contributed by atoms with Crippen molar-refractivity contribution < 1.29 is 9.47 Å². The van der Waals surface area contributed by atoms with Gasteiger partial charge < -0.3 is 14.8 Å². The van der Waals surface area contributed by atoms with Crippen LogP contribution >= 0.6 is 23.7 Å². The van der Waals surface area contributed by atoms with Crippen LogP contribution in [0.5, 0.6) is 17.5 Å². The lowest BCUT2D eigenvalue weighted by molar-refractivity contribution is 0.315. The summed E-state index contributed by atoms with van der Waals surface area (Å²) in [5.74, 6) is 1.23. The third-order valence-electron chi connectivity index (χ3n) is 4.16. The van der Waals surface area contributed by atoms with Crippen LogP contribution in [0, 0.1) is 0 Å². The molecular formula is C21H22ClN5O2S. The monoisotopic (exact) mass is 443 g/mol. The van der Waals surface area contributed by atoms with E-state index < -0.39 is 0 Å². The van der Waals surface area contributed by atoms with Gasteiger partial charge in [-0.3, -0.25) is 0 Å². The second-order valence-corrected chi connectivity index (χ2v) is 7.24. The molecule has 0 atom stereocenters. The molecule has 9 heteroatoms. The summed E-state index contributed by atoms with van der Waals surface area (Å²) in [6.45, 7) is 4.05. The maximum Gasteiger partial charge on any atom is 0.346 e. The van der Waals surface area contributed by atoms with Gasteiger partial charge in [0.05, 0.1) is 12.3 Å². The molecule has 0 radical (unpaired) electrons. The fraction of sp³-hybridized carbons (Fsp3) is 0.190. The smallest absolute Gasteiger partial charge is 0.346 e. The number of nitrogens with one attached hydrogen (secondary N) is 1. The minimum atomic E-state index is 0. The Morgan fingerprint density at radius 2 is 1.87 bits per heavy atom. The number of aromatic nitrogens is 4. The van der Waals surface area contributed by atoms with Gasteiger partial charge in [-0.25, -0.2) is 0 Å². The number of nitrogens with zero attached hydrogens (tertiary/aromatic N) is 4. The first kappa shape index (κ1) is 21.8. The van der Waals surface area contributed by atoms with E-state index in [1.807, 2.05) is 55.5 Å². The Balaban J connectivity index is 0.00000256. The van der Waals surface area contributed by atoms with Gasteiger partial charge in [0.1, 0.15) is 0 Å². The number of tetrazole rings is 1. The summed E-state index contributed by atoms with van der Waals surface area (Å²) in [6.07, 6.45) is 0. The van der Waals surface area contributed by atoms with Crippen molar-refractivity contribution in [2.75, 3.05) is 6.61 Å². The van der Waals surface area contributed by atoms with E-state index in [2.05, 4.69) is 38.4 Å². The number of halogens is 1. The van der Waals surface area contributed by atoms with Crippen molar-refractivity contribution in [3.05, 3.63) is 76.5 Å². The maximum absolute atomic E-state index is 5.99. The van der Waals surface area contributed by atoms with Crippen molar-refractivity contribution in [1.82, 2.24) is 25.5 Å². The molecule has 2 heterocycles. The SMILES string of the molecule is CCOc1cc(CNCc2cccs2)ccc1Oc1nnnn1-c1ccccc1.Cl. The molecule has 2 aromatic heterocycles. The first-order valence-corrected chi connectivity index (χ1v) is 10.2. The molecule has 0 amide bonds. The van der Waals surface area contributed by atoms with E-state index in [0.29, 0.717) is 18.1 Å². The first-order valence-electron chi connectivity index (χ1n) is 9.34. The molecule has 30 heavy (non-hydrogen) atoms.